The maximum atomic E-state index is 13.0. The molecule has 0 saturated heterocycles. The summed E-state index contributed by atoms with van der Waals surface area (Å²) in [7, 11) is 1.76. The quantitative estimate of drug-likeness (QED) is 0.883. The molecule has 1 aromatic rings. The van der Waals surface area contributed by atoms with Crippen LogP contribution in [0.3, 0.4) is 0 Å². The van der Waals surface area contributed by atoms with Crippen molar-refractivity contribution in [2.45, 2.75) is 45.6 Å². The summed E-state index contributed by atoms with van der Waals surface area (Å²) in [6.07, 6.45) is -0.750. The Bertz CT molecular complexity index is 366. The van der Waals surface area contributed by atoms with Gasteiger partial charge in [0.2, 0.25) is 0 Å². The second-order valence-electron chi connectivity index (χ2n) is 5.23. The summed E-state index contributed by atoms with van der Waals surface area (Å²) >= 11 is 0. The van der Waals surface area contributed by atoms with Gasteiger partial charge < -0.3 is 5.32 Å². The molecule has 0 radical (unpaired) electrons. The van der Waals surface area contributed by atoms with Gasteiger partial charge in [0.05, 0.1) is 11.7 Å². The van der Waals surface area contributed by atoms with Crippen LogP contribution >= 0.6 is 0 Å². The zero-order valence-corrected chi connectivity index (χ0v) is 11.1. The highest BCUT2D eigenvalue weighted by molar-refractivity contribution is 5.28. The van der Waals surface area contributed by atoms with Crippen molar-refractivity contribution in [1.29, 1.82) is 0 Å². The van der Waals surface area contributed by atoms with Gasteiger partial charge in [-0.15, -0.1) is 0 Å². The molecule has 1 aromatic heterocycles. The summed E-state index contributed by atoms with van der Waals surface area (Å²) < 4.78 is 27.7. The molecule has 98 valence electrons. The summed E-state index contributed by atoms with van der Waals surface area (Å²) in [5.74, 6) is 0. The van der Waals surface area contributed by atoms with E-state index in [1.165, 1.54) is 0 Å². The number of hydrogen-bond acceptors (Lipinski definition) is 2. The zero-order valence-electron chi connectivity index (χ0n) is 11.1. The monoisotopic (exact) mass is 245 g/mol. The van der Waals surface area contributed by atoms with E-state index in [0.29, 0.717) is 12.1 Å². The predicted molar refractivity (Wildman–Crippen MR) is 64.3 cm³/mol. The van der Waals surface area contributed by atoms with Crippen molar-refractivity contribution >= 4 is 0 Å². The summed E-state index contributed by atoms with van der Waals surface area (Å²) in [6, 6.07) is -0.942. The van der Waals surface area contributed by atoms with Gasteiger partial charge in [0.15, 0.2) is 0 Å². The van der Waals surface area contributed by atoms with E-state index in [4.69, 9.17) is 0 Å². The molecule has 3 nitrogen and oxygen atoms in total. The van der Waals surface area contributed by atoms with E-state index in [2.05, 4.69) is 10.4 Å². The normalized spacial score (nSPS) is 14.4. The van der Waals surface area contributed by atoms with Crippen LogP contribution in [0.15, 0.2) is 6.20 Å². The Hall–Kier alpha value is -0.970. The summed E-state index contributed by atoms with van der Waals surface area (Å²) in [5.41, 5.74) is 1.09. The zero-order chi connectivity index (χ0) is 13.2. The smallest absolute Gasteiger partial charge is 0.257 e. The number of halogens is 2. The van der Waals surface area contributed by atoms with Gasteiger partial charge in [-0.3, -0.25) is 4.68 Å². The number of nitrogens with zero attached hydrogens (tertiary/aromatic N) is 2. The van der Waals surface area contributed by atoms with Crippen LogP contribution in [-0.4, -0.2) is 22.8 Å². The van der Waals surface area contributed by atoms with E-state index in [-0.39, 0.29) is 5.41 Å². The van der Waals surface area contributed by atoms with Crippen molar-refractivity contribution in [2.75, 3.05) is 6.54 Å². The van der Waals surface area contributed by atoms with Crippen LogP contribution in [-0.2, 0) is 12.5 Å². The predicted octanol–water partition coefficient (Wildman–Crippen LogP) is 2.63. The summed E-state index contributed by atoms with van der Waals surface area (Å²) in [6.45, 7) is 8.27. The minimum Gasteiger partial charge on any atom is -0.305 e. The first-order valence-electron chi connectivity index (χ1n) is 5.83. The van der Waals surface area contributed by atoms with E-state index in [9.17, 15) is 8.78 Å². The number of aryl methyl sites for hydroxylation is 1. The van der Waals surface area contributed by atoms with Crippen molar-refractivity contribution in [3.63, 3.8) is 0 Å². The van der Waals surface area contributed by atoms with Crippen LogP contribution in [0.5, 0.6) is 0 Å². The fourth-order valence-electron chi connectivity index (χ4n) is 1.87. The SMILES string of the molecule is CCNC(c1cn(C)nc1C(C)(C)C)C(F)F. The van der Waals surface area contributed by atoms with Crippen molar-refractivity contribution in [2.24, 2.45) is 7.05 Å². The lowest BCUT2D eigenvalue weighted by molar-refractivity contribution is 0.0984. The third-order valence-corrected chi connectivity index (χ3v) is 2.58. The third kappa shape index (κ3) is 3.25. The highest BCUT2D eigenvalue weighted by Crippen LogP contribution is 2.31. The molecule has 1 atom stereocenters. The summed E-state index contributed by atoms with van der Waals surface area (Å²) in [4.78, 5) is 0. The van der Waals surface area contributed by atoms with Crippen LogP contribution in [0.25, 0.3) is 0 Å². The standard InChI is InChI=1S/C12H21F2N3/c1-6-15-9(11(13)14)8-7-17(5)16-10(8)12(2,3)4/h7,9,11,15H,6H2,1-5H3. The van der Waals surface area contributed by atoms with Gasteiger partial charge in [-0.2, -0.15) is 5.10 Å². The molecule has 0 saturated carbocycles. The molecular formula is C12H21F2N3. The fourth-order valence-corrected chi connectivity index (χ4v) is 1.87. The molecule has 0 aliphatic rings. The Morgan fingerprint density at radius 1 is 1.41 bits per heavy atom. The van der Waals surface area contributed by atoms with Gasteiger partial charge in [-0.05, 0) is 6.54 Å². The van der Waals surface area contributed by atoms with E-state index in [1.807, 2.05) is 27.7 Å². The topological polar surface area (TPSA) is 29.9 Å². The molecule has 17 heavy (non-hydrogen) atoms. The van der Waals surface area contributed by atoms with E-state index in [1.54, 1.807) is 17.9 Å². The highest BCUT2D eigenvalue weighted by atomic mass is 19.3. The molecule has 1 rings (SSSR count). The molecule has 1 unspecified atom stereocenters. The van der Waals surface area contributed by atoms with Crippen molar-refractivity contribution in [3.05, 3.63) is 17.5 Å². The lowest BCUT2D eigenvalue weighted by Gasteiger charge is -2.22. The Morgan fingerprint density at radius 2 is 2.00 bits per heavy atom. The molecule has 0 spiro atoms. The largest absolute Gasteiger partial charge is 0.305 e. The lowest BCUT2D eigenvalue weighted by Crippen LogP contribution is -2.29. The van der Waals surface area contributed by atoms with E-state index >= 15 is 0 Å². The second kappa shape index (κ2) is 5.12. The highest BCUT2D eigenvalue weighted by Gasteiger charge is 2.30. The van der Waals surface area contributed by atoms with Gasteiger partial charge in [0, 0.05) is 24.2 Å². The van der Waals surface area contributed by atoms with Gasteiger partial charge in [0.25, 0.3) is 6.43 Å². The average Bonchev–Trinajstić information content (AvgIpc) is 2.55. The van der Waals surface area contributed by atoms with Crippen LogP contribution in [0.2, 0.25) is 0 Å². The van der Waals surface area contributed by atoms with Crippen LogP contribution < -0.4 is 5.32 Å². The average molecular weight is 245 g/mol. The van der Waals surface area contributed by atoms with Gasteiger partial charge >= 0.3 is 0 Å². The molecule has 0 amide bonds. The molecule has 1 N–H and O–H groups in total. The van der Waals surface area contributed by atoms with Crippen molar-refractivity contribution in [3.8, 4) is 0 Å². The first-order chi connectivity index (χ1) is 7.77. The number of rotatable bonds is 4. The first-order valence-corrected chi connectivity index (χ1v) is 5.83. The molecule has 0 aliphatic carbocycles. The minimum absolute atomic E-state index is 0.237. The van der Waals surface area contributed by atoms with E-state index in [0.717, 1.165) is 5.69 Å². The summed E-state index contributed by atoms with van der Waals surface area (Å²) in [5, 5.41) is 7.13. The molecule has 0 aliphatic heterocycles. The number of aromatic nitrogens is 2. The van der Waals surface area contributed by atoms with Crippen LogP contribution in [0.1, 0.15) is 45.0 Å². The molecule has 0 fully saturated rings. The Labute approximate surface area is 101 Å². The van der Waals surface area contributed by atoms with Crippen LogP contribution in [0, 0.1) is 0 Å². The third-order valence-electron chi connectivity index (χ3n) is 2.58. The fraction of sp³-hybridized carbons (Fsp3) is 0.750. The van der Waals surface area contributed by atoms with Crippen molar-refractivity contribution in [1.82, 2.24) is 15.1 Å². The van der Waals surface area contributed by atoms with Gasteiger partial charge in [0.1, 0.15) is 0 Å². The van der Waals surface area contributed by atoms with Gasteiger partial charge in [-0.25, -0.2) is 8.78 Å². The molecule has 5 heteroatoms. The molecular weight excluding hydrogens is 224 g/mol. The Morgan fingerprint density at radius 3 is 2.41 bits per heavy atom. The van der Waals surface area contributed by atoms with Crippen LogP contribution in [0.4, 0.5) is 8.78 Å². The molecule has 1 heterocycles. The number of nitrogens with one attached hydrogen (secondary N) is 1. The maximum Gasteiger partial charge on any atom is 0.257 e. The molecule has 0 aromatic carbocycles. The second-order valence-corrected chi connectivity index (χ2v) is 5.23. The Balaban J connectivity index is 3.18. The molecule has 0 bridgehead atoms. The first kappa shape index (κ1) is 14.1. The number of hydrogen-bond donors (Lipinski definition) is 1. The van der Waals surface area contributed by atoms with Gasteiger partial charge in [-0.1, -0.05) is 27.7 Å². The lowest BCUT2D eigenvalue weighted by atomic mass is 9.87. The van der Waals surface area contributed by atoms with Crippen molar-refractivity contribution < 1.29 is 8.78 Å². The number of alkyl halides is 2. The minimum atomic E-state index is -2.43. The van der Waals surface area contributed by atoms with E-state index < -0.39 is 12.5 Å². The maximum absolute atomic E-state index is 13.0. The Kier molecular flexibility index (Phi) is 4.25.